The number of nitrogens with zero attached hydrogens (tertiary/aromatic N) is 2. The lowest BCUT2D eigenvalue weighted by Crippen LogP contribution is -2.48. The Morgan fingerprint density at radius 2 is 1.73 bits per heavy atom. The SMILES string of the molecule is O=C1CCc2cc(C(=O)N3CCN(CCCCc4ccc(O)cc4)CC3)ccc2N1. The first kappa shape index (κ1) is 20.4. The van der Waals surface area contributed by atoms with Gasteiger partial charge in [0.2, 0.25) is 5.91 Å². The van der Waals surface area contributed by atoms with Crippen molar-refractivity contribution in [2.75, 3.05) is 38.0 Å². The van der Waals surface area contributed by atoms with Crippen molar-refractivity contribution in [3.63, 3.8) is 0 Å². The number of aromatic hydroxyl groups is 1. The van der Waals surface area contributed by atoms with Crippen molar-refractivity contribution >= 4 is 17.5 Å². The summed E-state index contributed by atoms with van der Waals surface area (Å²) in [6, 6.07) is 13.1. The number of phenolic OH excluding ortho intramolecular Hbond substituents is 1. The van der Waals surface area contributed by atoms with E-state index in [0.717, 1.165) is 63.2 Å². The van der Waals surface area contributed by atoms with Gasteiger partial charge in [0.1, 0.15) is 5.75 Å². The van der Waals surface area contributed by atoms with E-state index in [-0.39, 0.29) is 11.8 Å². The molecule has 2 aromatic carbocycles. The largest absolute Gasteiger partial charge is 0.508 e. The number of hydrogen-bond acceptors (Lipinski definition) is 4. The predicted octanol–water partition coefficient (Wildman–Crippen LogP) is 3.06. The van der Waals surface area contributed by atoms with Crippen LogP contribution in [-0.2, 0) is 17.6 Å². The Bertz CT molecular complexity index is 902. The Morgan fingerprint density at radius 3 is 2.50 bits per heavy atom. The van der Waals surface area contributed by atoms with E-state index in [4.69, 9.17) is 0 Å². The molecule has 1 saturated heterocycles. The summed E-state index contributed by atoms with van der Waals surface area (Å²) in [6.45, 7) is 4.38. The van der Waals surface area contributed by atoms with Gasteiger partial charge >= 0.3 is 0 Å². The number of aryl methyl sites for hydroxylation is 2. The van der Waals surface area contributed by atoms with Crippen LogP contribution in [0, 0.1) is 0 Å². The molecule has 2 aliphatic heterocycles. The fraction of sp³-hybridized carbons (Fsp3) is 0.417. The van der Waals surface area contributed by atoms with E-state index in [9.17, 15) is 14.7 Å². The van der Waals surface area contributed by atoms with Crippen LogP contribution in [0.25, 0.3) is 0 Å². The number of rotatable bonds is 6. The number of anilines is 1. The second kappa shape index (κ2) is 9.30. The fourth-order valence-corrected chi connectivity index (χ4v) is 4.20. The van der Waals surface area contributed by atoms with Crippen molar-refractivity contribution in [2.45, 2.75) is 32.1 Å². The first-order valence-electron chi connectivity index (χ1n) is 10.8. The number of amides is 2. The quantitative estimate of drug-likeness (QED) is 0.722. The van der Waals surface area contributed by atoms with Crippen LogP contribution in [0.15, 0.2) is 42.5 Å². The number of piperazine rings is 1. The Morgan fingerprint density at radius 1 is 0.967 bits per heavy atom. The molecule has 0 saturated carbocycles. The van der Waals surface area contributed by atoms with Gasteiger partial charge in [-0.25, -0.2) is 0 Å². The zero-order valence-electron chi connectivity index (χ0n) is 17.3. The van der Waals surface area contributed by atoms with E-state index < -0.39 is 0 Å². The molecule has 1 fully saturated rings. The summed E-state index contributed by atoms with van der Waals surface area (Å²) >= 11 is 0. The molecule has 6 nitrogen and oxygen atoms in total. The van der Waals surface area contributed by atoms with Gasteiger partial charge in [-0.1, -0.05) is 12.1 Å². The first-order valence-corrected chi connectivity index (χ1v) is 10.8. The molecule has 6 heteroatoms. The summed E-state index contributed by atoms with van der Waals surface area (Å²) in [5.41, 5.74) is 3.85. The lowest BCUT2D eigenvalue weighted by Gasteiger charge is -2.35. The van der Waals surface area contributed by atoms with Crippen LogP contribution in [0.4, 0.5) is 5.69 Å². The molecular formula is C24H29N3O3. The standard InChI is InChI=1S/C24H29N3O3/c28-21-8-4-18(5-9-21)3-1-2-12-26-13-15-27(16-14-26)24(30)20-6-10-22-19(17-20)7-11-23(29)25-22/h4-6,8-10,17,28H,1-3,7,11-16H2,(H,25,29). The molecule has 0 bridgehead atoms. The maximum absolute atomic E-state index is 12.9. The minimum atomic E-state index is 0.0424. The van der Waals surface area contributed by atoms with Crippen LogP contribution < -0.4 is 5.32 Å². The molecule has 2 aromatic rings. The van der Waals surface area contributed by atoms with Gasteiger partial charge in [0.05, 0.1) is 0 Å². The number of phenols is 1. The maximum atomic E-state index is 12.9. The van der Waals surface area contributed by atoms with E-state index >= 15 is 0 Å². The highest BCUT2D eigenvalue weighted by Crippen LogP contribution is 2.24. The topological polar surface area (TPSA) is 72.9 Å². The van der Waals surface area contributed by atoms with Crippen LogP contribution in [0.1, 0.15) is 40.7 Å². The van der Waals surface area contributed by atoms with Gasteiger partial charge in [-0.15, -0.1) is 0 Å². The minimum Gasteiger partial charge on any atom is -0.508 e. The molecule has 2 amide bonds. The summed E-state index contributed by atoms with van der Waals surface area (Å²) in [5.74, 6) is 0.441. The number of carbonyl (C=O) groups excluding carboxylic acids is 2. The Hall–Kier alpha value is -2.86. The molecule has 0 spiro atoms. The third-order valence-electron chi connectivity index (χ3n) is 6.03. The van der Waals surface area contributed by atoms with Gasteiger partial charge in [0.25, 0.3) is 5.91 Å². The molecule has 158 valence electrons. The second-order valence-corrected chi connectivity index (χ2v) is 8.18. The third-order valence-corrected chi connectivity index (χ3v) is 6.03. The second-order valence-electron chi connectivity index (χ2n) is 8.18. The molecular weight excluding hydrogens is 378 g/mol. The van der Waals surface area contributed by atoms with Crippen LogP contribution >= 0.6 is 0 Å². The average molecular weight is 408 g/mol. The predicted molar refractivity (Wildman–Crippen MR) is 117 cm³/mol. The lowest BCUT2D eigenvalue weighted by molar-refractivity contribution is -0.116. The van der Waals surface area contributed by atoms with Crippen LogP contribution in [-0.4, -0.2) is 59.4 Å². The highest BCUT2D eigenvalue weighted by atomic mass is 16.3. The number of hydrogen-bond donors (Lipinski definition) is 2. The molecule has 0 radical (unpaired) electrons. The summed E-state index contributed by atoms with van der Waals surface area (Å²) < 4.78 is 0. The maximum Gasteiger partial charge on any atom is 0.253 e. The van der Waals surface area contributed by atoms with Crippen molar-refractivity contribution in [1.82, 2.24) is 9.80 Å². The monoisotopic (exact) mass is 407 g/mol. The molecule has 0 unspecified atom stereocenters. The van der Waals surface area contributed by atoms with Crippen LogP contribution in [0.5, 0.6) is 5.75 Å². The molecule has 0 atom stereocenters. The van der Waals surface area contributed by atoms with Crippen molar-refractivity contribution in [1.29, 1.82) is 0 Å². The van der Waals surface area contributed by atoms with Crippen molar-refractivity contribution < 1.29 is 14.7 Å². The van der Waals surface area contributed by atoms with Gasteiger partial charge in [-0.3, -0.25) is 14.5 Å². The van der Waals surface area contributed by atoms with Crippen molar-refractivity contribution in [3.05, 3.63) is 59.2 Å². The lowest BCUT2D eigenvalue weighted by atomic mass is 10.00. The molecule has 30 heavy (non-hydrogen) atoms. The molecule has 0 aromatic heterocycles. The van der Waals surface area contributed by atoms with E-state index in [1.165, 1.54) is 5.56 Å². The van der Waals surface area contributed by atoms with Crippen molar-refractivity contribution in [2.24, 2.45) is 0 Å². The van der Waals surface area contributed by atoms with Gasteiger partial charge in [0.15, 0.2) is 0 Å². The van der Waals surface area contributed by atoms with E-state index in [0.29, 0.717) is 24.2 Å². The Labute approximate surface area is 177 Å². The zero-order valence-corrected chi connectivity index (χ0v) is 17.3. The minimum absolute atomic E-state index is 0.0424. The number of unbranched alkanes of at least 4 members (excludes halogenated alkanes) is 1. The number of fused-ring (bicyclic) bond motifs is 1. The summed E-state index contributed by atoms with van der Waals surface area (Å²) in [4.78, 5) is 28.8. The Kier molecular flexibility index (Phi) is 6.33. The van der Waals surface area contributed by atoms with E-state index in [1.54, 1.807) is 12.1 Å². The van der Waals surface area contributed by atoms with Gasteiger partial charge < -0.3 is 15.3 Å². The molecule has 0 aliphatic carbocycles. The molecule has 2 aliphatic rings. The molecule has 4 rings (SSSR count). The number of benzene rings is 2. The van der Waals surface area contributed by atoms with Crippen molar-refractivity contribution in [3.8, 4) is 5.75 Å². The first-order chi connectivity index (χ1) is 14.6. The third kappa shape index (κ3) is 5.00. The highest BCUT2D eigenvalue weighted by molar-refractivity contribution is 5.98. The van der Waals surface area contributed by atoms with Crippen LogP contribution in [0.2, 0.25) is 0 Å². The fourth-order valence-electron chi connectivity index (χ4n) is 4.20. The highest BCUT2D eigenvalue weighted by Gasteiger charge is 2.23. The summed E-state index contributed by atoms with van der Waals surface area (Å²) in [6.07, 6.45) is 4.45. The number of carbonyl (C=O) groups is 2. The van der Waals surface area contributed by atoms with Gasteiger partial charge in [-0.05, 0) is 73.7 Å². The molecule has 2 N–H and O–H groups in total. The number of nitrogens with one attached hydrogen (secondary N) is 1. The average Bonchev–Trinajstić information content (AvgIpc) is 2.77. The van der Waals surface area contributed by atoms with Crippen LogP contribution in [0.3, 0.4) is 0 Å². The van der Waals surface area contributed by atoms with E-state index in [2.05, 4.69) is 10.2 Å². The smallest absolute Gasteiger partial charge is 0.253 e. The molecule has 2 heterocycles. The van der Waals surface area contributed by atoms with Gasteiger partial charge in [-0.2, -0.15) is 0 Å². The zero-order chi connectivity index (χ0) is 20.9. The summed E-state index contributed by atoms with van der Waals surface area (Å²) in [7, 11) is 0. The summed E-state index contributed by atoms with van der Waals surface area (Å²) in [5, 5.41) is 12.2. The van der Waals surface area contributed by atoms with Gasteiger partial charge in [0, 0.05) is 43.9 Å². The van der Waals surface area contributed by atoms with E-state index in [1.807, 2.05) is 35.2 Å². The Balaban J connectivity index is 1.21. The normalized spacial score (nSPS) is 16.8.